The van der Waals surface area contributed by atoms with Crippen molar-refractivity contribution in [3.05, 3.63) is 15.8 Å². The monoisotopic (exact) mass is 326 g/mol. The molecule has 10 nitrogen and oxygen atoms in total. The first-order valence-electron chi connectivity index (χ1n) is 5.43. The van der Waals surface area contributed by atoms with E-state index in [1.54, 1.807) is 6.92 Å². The van der Waals surface area contributed by atoms with E-state index in [9.17, 15) is 26.9 Å². The van der Waals surface area contributed by atoms with Crippen LogP contribution >= 0.6 is 0 Å². The second-order valence-corrected chi connectivity index (χ2v) is 7.78. The fraction of sp³-hybridized carbons (Fsp3) is 0.625. The molecule has 2 N–H and O–H groups in total. The maximum absolute atomic E-state index is 12.1. The molecule has 0 aliphatic heterocycles. The van der Waals surface area contributed by atoms with Crippen LogP contribution in [0.25, 0.3) is 0 Å². The average Bonchev–Trinajstić information content (AvgIpc) is 2.63. The lowest BCUT2D eigenvalue weighted by atomic mass is 10.3. The number of sulfonamides is 1. The largest absolute Gasteiger partial charge is 0.329 e. The summed E-state index contributed by atoms with van der Waals surface area (Å²) in [6, 6.07) is 0. The lowest BCUT2D eigenvalue weighted by Crippen LogP contribution is -2.24. The molecule has 0 aliphatic carbocycles. The number of primary sulfonamides is 1. The fourth-order valence-electron chi connectivity index (χ4n) is 1.64. The van der Waals surface area contributed by atoms with E-state index < -0.39 is 47.0 Å². The average molecular weight is 326 g/mol. The van der Waals surface area contributed by atoms with Gasteiger partial charge >= 0.3 is 5.69 Å². The van der Waals surface area contributed by atoms with Crippen LogP contribution in [0.3, 0.4) is 0 Å². The fourth-order valence-corrected chi connectivity index (χ4v) is 4.57. The number of hydrogen-bond donors (Lipinski definition) is 1. The van der Waals surface area contributed by atoms with Crippen molar-refractivity contribution in [2.75, 3.05) is 11.5 Å². The molecule has 0 saturated carbocycles. The van der Waals surface area contributed by atoms with Gasteiger partial charge in [-0.25, -0.2) is 22.0 Å². The second-order valence-electron chi connectivity index (χ2n) is 4.02. The zero-order valence-electron chi connectivity index (χ0n) is 10.8. The Morgan fingerprint density at radius 1 is 1.30 bits per heavy atom. The van der Waals surface area contributed by atoms with Gasteiger partial charge in [0.05, 0.1) is 16.4 Å². The number of aryl methyl sites for hydroxylation is 2. The van der Waals surface area contributed by atoms with Crippen molar-refractivity contribution in [3.63, 3.8) is 0 Å². The smallest absolute Gasteiger partial charge is 0.258 e. The molecule has 1 heterocycles. The van der Waals surface area contributed by atoms with Crippen LogP contribution in [0, 0.1) is 10.1 Å². The van der Waals surface area contributed by atoms with Gasteiger partial charge in [-0.1, -0.05) is 6.92 Å². The van der Waals surface area contributed by atoms with E-state index in [0.717, 1.165) is 4.68 Å². The molecule has 0 radical (unpaired) electrons. The predicted molar refractivity (Wildman–Crippen MR) is 69.3 cm³/mol. The Bertz CT molecular complexity index is 733. The molecule has 0 amide bonds. The van der Waals surface area contributed by atoms with Crippen LogP contribution in [-0.4, -0.2) is 43.0 Å². The van der Waals surface area contributed by atoms with E-state index in [2.05, 4.69) is 5.10 Å². The molecule has 12 heteroatoms. The SMILES string of the molecule is CCc1nn(C)c(S(=O)(=O)CCS(N)(=O)=O)c1[N+](=O)[O-]. The van der Waals surface area contributed by atoms with Crippen molar-refractivity contribution >= 4 is 25.5 Å². The highest BCUT2D eigenvalue weighted by Gasteiger charge is 2.34. The van der Waals surface area contributed by atoms with E-state index in [4.69, 9.17) is 5.14 Å². The highest BCUT2D eigenvalue weighted by atomic mass is 32.2. The van der Waals surface area contributed by atoms with Crippen LogP contribution in [0.2, 0.25) is 0 Å². The van der Waals surface area contributed by atoms with Crippen molar-refractivity contribution in [2.45, 2.75) is 18.4 Å². The molecule has 20 heavy (non-hydrogen) atoms. The van der Waals surface area contributed by atoms with Gasteiger partial charge in [0.2, 0.25) is 24.9 Å². The Balaban J connectivity index is 3.38. The third-order valence-corrected chi connectivity index (χ3v) is 5.31. The van der Waals surface area contributed by atoms with E-state index in [-0.39, 0.29) is 12.1 Å². The van der Waals surface area contributed by atoms with Crippen molar-refractivity contribution < 1.29 is 21.8 Å². The van der Waals surface area contributed by atoms with Gasteiger partial charge in [0.1, 0.15) is 5.69 Å². The Hall–Kier alpha value is -1.53. The Labute approximate surface area is 115 Å². The van der Waals surface area contributed by atoms with Crippen molar-refractivity contribution in [1.29, 1.82) is 0 Å². The zero-order valence-corrected chi connectivity index (χ0v) is 12.4. The molecule has 114 valence electrons. The first-order valence-corrected chi connectivity index (χ1v) is 8.80. The van der Waals surface area contributed by atoms with Gasteiger partial charge in [-0.3, -0.25) is 14.8 Å². The van der Waals surface area contributed by atoms with E-state index >= 15 is 0 Å². The van der Waals surface area contributed by atoms with Crippen LogP contribution in [0.5, 0.6) is 0 Å². The maximum Gasteiger partial charge on any atom is 0.329 e. The van der Waals surface area contributed by atoms with Crippen LogP contribution in [0.4, 0.5) is 5.69 Å². The molecule has 1 rings (SSSR count). The predicted octanol–water partition coefficient (Wildman–Crippen LogP) is -1.05. The van der Waals surface area contributed by atoms with E-state index in [1.807, 2.05) is 0 Å². The normalized spacial score (nSPS) is 12.6. The topological polar surface area (TPSA) is 155 Å². The molecule has 0 fully saturated rings. The van der Waals surface area contributed by atoms with Crippen LogP contribution in [0.15, 0.2) is 5.03 Å². The molecule has 0 atom stereocenters. The van der Waals surface area contributed by atoms with Gasteiger partial charge in [0, 0.05) is 7.05 Å². The van der Waals surface area contributed by atoms with Gasteiger partial charge in [-0.05, 0) is 6.42 Å². The van der Waals surface area contributed by atoms with Gasteiger partial charge in [0.15, 0.2) is 0 Å². The number of nitrogens with zero attached hydrogens (tertiary/aromatic N) is 3. The number of hydrogen-bond acceptors (Lipinski definition) is 7. The van der Waals surface area contributed by atoms with Crippen molar-refractivity contribution in [3.8, 4) is 0 Å². The zero-order chi connectivity index (χ0) is 15.7. The minimum Gasteiger partial charge on any atom is -0.258 e. The number of rotatable bonds is 6. The number of aromatic nitrogens is 2. The van der Waals surface area contributed by atoms with Crippen LogP contribution in [-0.2, 0) is 33.3 Å². The molecule has 1 aromatic heterocycles. The molecule has 0 spiro atoms. The van der Waals surface area contributed by atoms with Crippen molar-refractivity contribution in [1.82, 2.24) is 9.78 Å². The molecule has 0 aliphatic rings. The van der Waals surface area contributed by atoms with Gasteiger partial charge < -0.3 is 0 Å². The molecule has 0 aromatic carbocycles. The Morgan fingerprint density at radius 3 is 2.25 bits per heavy atom. The van der Waals surface area contributed by atoms with Crippen LogP contribution in [0.1, 0.15) is 12.6 Å². The Morgan fingerprint density at radius 2 is 1.85 bits per heavy atom. The summed E-state index contributed by atoms with van der Waals surface area (Å²) < 4.78 is 46.7. The Kier molecular flexibility index (Phi) is 4.51. The lowest BCUT2D eigenvalue weighted by molar-refractivity contribution is -0.388. The molecular weight excluding hydrogens is 312 g/mol. The van der Waals surface area contributed by atoms with E-state index in [0.29, 0.717) is 0 Å². The minimum absolute atomic E-state index is 0.0201. The summed E-state index contributed by atoms with van der Waals surface area (Å²) in [4.78, 5) is 10.2. The quantitative estimate of drug-likeness (QED) is 0.516. The first-order chi connectivity index (χ1) is 8.99. The number of nitrogens with two attached hydrogens (primary N) is 1. The third kappa shape index (κ3) is 3.52. The molecule has 0 unspecified atom stereocenters. The summed E-state index contributed by atoms with van der Waals surface area (Å²) in [6.07, 6.45) is 0.175. The van der Waals surface area contributed by atoms with Crippen LogP contribution < -0.4 is 5.14 Å². The molecular formula is C8H14N4O6S2. The molecule has 0 bridgehead atoms. The highest BCUT2D eigenvalue weighted by Crippen LogP contribution is 2.28. The lowest BCUT2D eigenvalue weighted by Gasteiger charge is -2.03. The summed E-state index contributed by atoms with van der Waals surface area (Å²) in [5.74, 6) is -1.66. The second kappa shape index (κ2) is 5.46. The third-order valence-electron chi connectivity index (χ3n) is 2.49. The summed E-state index contributed by atoms with van der Waals surface area (Å²) in [7, 11) is -6.93. The van der Waals surface area contributed by atoms with Gasteiger partial charge in [-0.15, -0.1) is 0 Å². The number of sulfone groups is 1. The summed E-state index contributed by atoms with van der Waals surface area (Å²) in [5, 5.41) is 18.9. The summed E-state index contributed by atoms with van der Waals surface area (Å²) in [5.41, 5.74) is -0.601. The first kappa shape index (κ1) is 16.5. The van der Waals surface area contributed by atoms with Gasteiger partial charge in [-0.2, -0.15) is 5.10 Å². The maximum atomic E-state index is 12.1. The number of nitro groups is 1. The highest BCUT2D eigenvalue weighted by molar-refractivity contribution is 7.94. The summed E-state index contributed by atoms with van der Waals surface area (Å²) in [6.45, 7) is 1.59. The molecule has 0 saturated heterocycles. The standard InChI is InChI=1S/C8H14N4O6S2/c1-3-6-7(12(13)14)8(11(2)10-6)19(15,16)4-5-20(9,17)18/h3-5H2,1-2H3,(H2,9,17,18). The van der Waals surface area contributed by atoms with E-state index in [1.165, 1.54) is 7.05 Å². The minimum atomic E-state index is -4.19. The summed E-state index contributed by atoms with van der Waals surface area (Å²) >= 11 is 0. The van der Waals surface area contributed by atoms with Gasteiger partial charge in [0.25, 0.3) is 0 Å². The van der Waals surface area contributed by atoms with Crippen molar-refractivity contribution in [2.24, 2.45) is 12.2 Å². The molecule has 1 aromatic rings.